The van der Waals surface area contributed by atoms with E-state index in [4.69, 9.17) is 9.47 Å². The van der Waals surface area contributed by atoms with Gasteiger partial charge in [-0.05, 0) is 77.8 Å². The number of aryl methyl sites for hydroxylation is 1. The number of carbonyl (C=O) groups is 2. The highest BCUT2D eigenvalue weighted by atomic mass is 32.1. The van der Waals surface area contributed by atoms with Crippen molar-refractivity contribution in [3.63, 3.8) is 0 Å². The second-order valence-corrected chi connectivity index (χ2v) is 11.0. The zero-order chi connectivity index (χ0) is 25.5. The summed E-state index contributed by atoms with van der Waals surface area (Å²) in [5, 5.41) is 2.97. The number of methoxy groups -OCH3 is 2. The van der Waals surface area contributed by atoms with Crippen LogP contribution in [0.5, 0.6) is 11.5 Å². The monoisotopic (exact) mass is 489 g/mol. The molecule has 0 saturated heterocycles. The van der Waals surface area contributed by atoms with Gasteiger partial charge in [0, 0.05) is 27.9 Å². The van der Waals surface area contributed by atoms with Crippen molar-refractivity contribution in [1.82, 2.24) is 15.1 Å². The number of thiophene rings is 1. The zero-order valence-electron chi connectivity index (χ0n) is 21.7. The Kier molecular flexibility index (Phi) is 9.79. The summed E-state index contributed by atoms with van der Waals surface area (Å²) in [6, 6.07) is 9.58. The quantitative estimate of drug-likeness (QED) is 0.517. The molecule has 3 amide bonds. The highest BCUT2D eigenvalue weighted by Crippen LogP contribution is 2.28. The molecule has 188 valence electrons. The molecule has 1 heterocycles. The predicted octanol–water partition coefficient (Wildman–Crippen LogP) is 4.86. The number of benzene rings is 1. The van der Waals surface area contributed by atoms with Crippen molar-refractivity contribution in [3.05, 3.63) is 45.6 Å². The van der Waals surface area contributed by atoms with Crippen LogP contribution in [0.3, 0.4) is 0 Å². The number of nitrogens with zero attached hydrogens (tertiary/aromatic N) is 2. The number of hydrogen-bond acceptors (Lipinski definition) is 5. The summed E-state index contributed by atoms with van der Waals surface area (Å²) in [7, 11) is 3.22. The van der Waals surface area contributed by atoms with Gasteiger partial charge in [-0.2, -0.15) is 0 Å². The van der Waals surface area contributed by atoms with E-state index in [1.54, 1.807) is 30.5 Å². The lowest BCUT2D eigenvalue weighted by Crippen LogP contribution is -2.53. The van der Waals surface area contributed by atoms with E-state index in [9.17, 15) is 9.59 Å². The SMILES string of the molecule is COc1ccc(CCN(Cc2ccc(C)s2)C(=O)CN(C(=O)NC(C)(C)C)C(C)C)cc1OC. The van der Waals surface area contributed by atoms with E-state index in [0.717, 1.165) is 10.4 Å². The van der Waals surface area contributed by atoms with Crippen LogP contribution in [-0.4, -0.2) is 60.6 Å². The molecule has 0 aliphatic heterocycles. The average molecular weight is 490 g/mol. The standard InChI is InChI=1S/C26H39N3O4S/c1-18(2)29(25(31)27-26(4,5)6)17-24(30)28(16-21-11-9-19(3)34-21)14-13-20-10-12-22(32-7)23(15-20)33-8/h9-12,15,18H,13-14,16-17H2,1-8H3,(H,27,31). The number of rotatable bonds is 10. The highest BCUT2D eigenvalue weighted by Gasteiger charge is 2.26. The fraction of sp³-hybridized carbons (Fsp3) is 0.538. The Morgan fingerprint density at radius 2 is 1.74 bits per heavy atom. The molecule has 8 heteroatoms. The van der Waals surface area contributed by atoms with Crippen molar-refractivity contribution in [1.29, 1.82) is 0 Å². The van der Waals surface area contributed by atoms with Crippen LogP contribution in [0.2, 0.25) is 0 Å². The summed E-state index contributed by atoms with van der Waals surface area (Å²) < 4.78 is 10.7. The third kappa shape index (κ3) is 8.24. The zero-order valence-corrected chi connectivity index (χ0v) is 22.5. The van der Waals surface area contributed by atoms with Crippen LogP contribution in [0, 0.1) is 6.92 Å². The minimum absolute atomic E-state index is 0.0237. The van der Waals surface area contributed by atoms with Crippen molar-refractivity contribution in [2.45, 2.75) is 66.1 Å². The molecule has 2 rings (SSSR count). The minimum atomic E-state index is -0.380. The third-order valence-corrected chi connectivity index (χ3v) is 6.27. The van der Waals surface area contributed by atoms with Crippen molar-refractivity contribution in [2.24, 2.45) is 0 Å². The highest BCUT2D eigenvalue weighted by molar-refractivity contribution is 7.11. The lowest BCUT2D eigenvalue weighted by molar-refractivity contribution is -0.132. The molecule has 0 fully saturated rings. The maximum atomic E-state index is 13.4. The molecule has 0 aliphatic carbocycles. The normalized spacial score (nSPS) is 11.3. The number of ether oxygens (including phenoxy) is 2. The Balaban J connectivity index is 2.20. The molecular weight excluding hydrogens is 450 g/mol. The van der Waals surface area contributed by atoms with Gasteiger partial charge in [0.25, 0.3) is 0 Å². The van der Waals surface area contributed by atoms with Crippen LogP contribution < -0.4 is 14.8 Å². The van der Waals surface area contributed by atoms with E-state index in [2.05, 4.69) is 24.4 Å². The summed E-state index contributed by atoms with van der Waals surface area (Å²) in [6.45, 7) is 12.8. The number of nitrogens with one attached hydrogen (secondary N) is 1. The molecule has 1 aromatic heterocycles. The van der Waals surface area contributed by atoms with Gasteiger partial charge in [-0.1, -0.05) is 6.07 Å². The van der Waals surface area contributed by atoms with Crippen LogP contribution in [0.25, 0.3) is 0 Å². The van der Waals surface area contributed by atoms with E-state index >= 15 is 0 Å². The van der Waals surface area contributed by atoms with Gasteiger partial charge >= 0.3 is 6.03 Å². The Hall–Kier alpha value is -2.74. The summed E-state index contributed by atoms with van der Waals surface area (Å²) in [6.07, 6.45) is 0.659. The van der Waals surface area contributed by atoms with Gasteiger partial charge < -0.3 is 24.6 Å². The Labute approximate surface area is 208 Å². The van der Waals surface area contributed by atoms with Crippen LogP contribution in [-0.2, 0) is 17.8 Å². The van der Waals surface area contributed by atoms with Crippen molar-refractivity contribution in [2.75, 3.05) is 27.3 Å². The maximum Gasteiger partial charge on any atom is 0.318 e. The first kappa shape index (κ1) is 27.5. The van der Waals surface area contributed by atoms with E-state index in [0.29, 0.717) is 31.0 Å². The van der Waals surface area contributed by atoms with Crippen molar-refractivity contribution < 1.29 is 19.1 Å². The second-order valence-electron chi connectivity index (χ2n) is 9.67. The molecule has 0 spiro atoms. The molecule has 1 N–H and O–H groups in total. The average Bonchev–Trinajstić information content (AvgIpc) is 3.17. The van der Waals surface area contributed by atoms with Crippen LogP contribution in [0.15, 0.2) is 30.3 Å². The number of urea groups is 1. The van der Waals surface area contributed by atoms with Crippen LogP contribution in [0.4, 0.5) is 4.79 Å². The van der Waals surface area contributed by atoms with Gasteiger partial charge in [-0.15, -0.1) is 11.3 Å². The van der Waals surface area contributed by atoms with Crippen molar-refractivity contribution >= 4 is 23.3 Å². The topological polar surface area (TPSA) is 71.1 Å². The minimum Gasteiger partial charge on any atom is -0.493 e. The summed E-state index contributed by atoms with van der Waals surface area (Å²) >= 11 is 1.68. The Morgan fingerprint density at radius 3 is 2.26 bits per heavy atom. The van der Waals surface area contributed by atoms with Gasteiger partial charge in [-0.3, -0.25) is 4.79 Å². The largest absolute Gasteiger partial charge is 0.493 e. The number of carbonyl (C=O) groups excluding carboxylic acids is 2. The summed E-state index contributed by atoms with van der Waals surface area (Å²) in [5.74, 6) is 1.26. The first-order valence-electron chi connectivity index (χ1n) is 11.6. The van der Waals surface area contributed by atoms with E-state index in [1.807, 2.05) is 57.7 Å². The first-order chi connectivity index (χ1) is 15.9. The van der Waals surface area contributed by atoms with Gasteiger partial charge in [0.2, 0.25) is 5.91 Å². The molecule has 7 nitrogen and oxygen atoms in total. The smallest absolute Gasteiger partial charge is 0.318 e. The molecule has 0 saturated carbocycles. The van der Waals surface area contributed by atoms with Gasteiger partial charge in [0.15, 0.2) is 11.5 Å². The van der Waals surface area contributed by atoms with Crippen LogP contribution in [0.1, 0.15) is 49.9 Å². The lowest BCUT2D eigenvalue weighted by atomic mass is 10.1. The number of hydrogen-bond donors (Lipinski definition) is 1. The molecule has 0 radical (unpaired) electrons. The molecular formula is C26H39N3O4S. The van der Waals surface area contributed by atoms with Gasteiger partial charge in [0.1, 0.15) is 6.54 Å². The summed E-state index contributed by atoms with van der Waals surface area (Å²) in [5.41, 5.74) is 0.665. The molecule has 34 heavy (non-hydrogen) atoms. The lowest BCUT2D eigenvalue weighted by Gasteiger charge is -2.32. The van der Waals surface area contributed by atoms with Crippen molar-refractivity contribution in [3.8, 4) is 11.5 Å². The fourth-order valence-corrected chi connectivity index (χ4v) is 4.38. The van der Waals surface area contributed by atoms with Gasteiger partial charge in [-0.25, -0.2) is 4.79 Å². The Bertz CT molecular complexity index is 965. The number of amides is 3. The molecule has 0 atom stereocenters. The van der Waals surface area contributed by atoms with Crippen LogP contribution >= 0.6 is 11.3 Å². The molecule has 2 aromatic rings. The summed E-state index contributed by atoms with van der Waals surface area (Å²) in [4.78, 5) is 32.1. The first-order valence-corrected chi connectivity index (χ1v) is 12.4. The van der Waals surface area contributed by atoms with E-state index in [1.165, 1.54) is 4.88 Å². The third-order valence-electron chi connectivity index (χ3n) is 5.29. The molecule has 0 unspecified atom stereocenters. The molecule has 0 aliphatic rings. The molecule has 0 bridgehead atoms. The fourth-order valence-electron chi connectivity index (χ4n) is 3.48. The molecule has 1 aromatic carbocycles. The Morgan fingerprint density at radius 1 is 1.06 bits per heavy atom. The van der Waals surface area contributed by atoms with Gasteiger partial charge in [0.05, 0.1) is 20.8 Å². The van der Waals surface area contributed by atoms with E-state index in [-0.39, 0.29) is 30.1 Å². The van der Waals surface area contributed by atoms with E-state index < -0.39 is 0 Å². The second kappa shape index (κ2) is 12.1. The maximum absolute atomic E-state index is 13.4. The predicted molar refractivity (Wildman–Crippen MR) is 138 cm³/mol.